The summed E-state index contributed by atoms with van der Waals surface area (Å²) in [5.41, 5.74) is 0. The molecule has 0 radical (unpaired) electrons. The summed E-state index contributed by atoms with van der Waals surface area (Å²) in [6, 6.07) is 0. The van der Waals surface area contributed by atoms with Crippen molar-refractivity contribution in [2.24, 2.45) is 5.92 Å². The first-order valence-corrected chi connectivity index (χ1v) is 5.39. The SMILES string of the molecule is CCOC1O[C@H](CO)[C@@H](CC)[C@H](O)[C@H]1O. The summed E-state index contributed by atoms with van der Waals surface area (Å²) in [6.07, 6.45) is -2.62. The third-order valence-electron chi connectivity index (χ3n) is 2.84. The normalized spacial score (nSPS) is 41.8. The maximum atomic E-state index is 9.81. The van der Waals surface area contributed by atoms with Crippen molar-refractivity contribution >= 4 is 0 Å². The van der Waals surface area contributed by atoms with E-state index in [0.29, 0.717) is 13.0 Å². The van der Waals surface area contributed by atoms with E-state index in [1.165, 1.54) is 0 Å². The van der Waals surface area contributed by atoms with Crippen LogP contribution in [0.3, 0.4) is 0 Å². The molecule has 1 unspecified atom stereocenters. The fourth-order valence-corrected chi connectivity index (χ4v) is 1.97. The zero-order valence-corrected chi connectivity index (χ0v) is 9.17. The molecule has 1 heterocycles. The summed E-state index contributed by atoms with van der Waals surface area (Å²) in [5, 5.41) is 28.6. The van der Waals surface area contributed by atoms with Gasteiger partial charge in [0.1, 0.15) is 6.10 Å². The second kappa shape index (κ2) is 5.77. The van der Waals surface area contributed by atoms with Crippen molar-refractivity contribution in [1.29, 1.82) is 0 Å². The summed E-state index contributed by atoms with van der Waals surface area (Å²) in [5.74, 6) is -0.248. The van der Waals surface area contributed by atoms with Gasteiger partial charge >= 0.3 is 0 Å². The molecule has 0 aromatic rings. The molecule has 1 fully saturated rings. The third kappa shape index (κ3) is 2.68. The van der Waals surface area contributed by atoms with Gasteiger partial charge < -0.3 is 24.8 Å². The van der Waals surface area contributed by atoms with Crippen molar-refractivity contribution in [2.75, 3.05) is 13.2 Å². The van der Waals surface area contributed by atoms with Crippen LogP contribution in [0.5, 0.6) is 0 Å². The lowest BCUT2D eigenvalue weighted by atomic mass is 9.87. The standard InChI is InChI=1S/C10H20O5/c1-3-6-7(5-11)15-10(14-4-2)9(13)8(6)12/h6-13H,3-5H2,1-2H3/t6-,7-,8+,9-,10?/m1/s1. The molecular weight excluding hydrogens is 200 g/mol. The summed E-state index contributed by atoms with van der Waals surface area (Å²) in [6.45, 7) is 3.88. The van der Waals surface area contributed by atoms with Gasteiger partial charge in [0, 0.05) is 12.5 Å². The molecular formula is C10H20O5. The molecule has 0 aromatic heterocycles. The van der Waals surface area contributed by atoms with E-state index >= 15 is 0 Å². The van der Waals surface area contributed by atoms with E-state index in [9.17, 15) is 10.2 Å². The highest BCUT2D eigenvalue weighted by molar-refractivity contribution is 4.88. The summed E-state index contributed by atoms with van der Waals surface area (Å²) >= 11 is 0. The average Bonchev–Trinajstić information content (AvgIpc) is 2.24. The van der Waals surface area contributed by atoms with E-state index in [4.69, 9.17) is 14.6 Å². The van der Waals surface area contributed by atoms with Crippen molar-refractivity contribution in [1.82, 2.24) is 0 Å². The Balaban J connectivity index is 2.68. The van der Waals surface area contributed by atoms with Gasteiger partial charge in [0.15, 0.2) is 6.29 Å². The topological polar surface area (TPSA) is 79.2 Å². The van der Waals surface area contributed by atoms with E-state index in [2.05, 4.69) is 0 Å². The smallest absolute Gasteiger partial charge is 0.186 e. The highest BCUT2D eigenvalue weighted by atomic mass is 16.7. The third-order valence-corrected chi connectivity index (χ3v) is 2.84. The van der Waals surface area contributed by atoms with Gasteiger partial charge in [-0.25, -0.2) is 0 Å². The molecule has 5 nitrogen and oxygen atoms in total. The highest BCUT2D eigenvalue weighted by Crippen LogP contribution is 2.28. The van der Waals surface area contributed by atoms with Crippen LogP contribution in [0, 0.1) is 5.92 Å². The Morgan fingerprint density at radius 1 is 1.20 bits per heavy atom. The lowest BCUT2D eigenvalue weighted by molar-refractivity contribution is -0.289. The first kappa shape index (κ1) is 12.9. The predicted octanol–water partition coefficient (Wildman–Crippen LogP) is -0.512. The van der Waals surface area contributed by atoms with Crippen LogP contribution >= 0.6 is 0 Å². The van der Waals surface area contributed by atoms with Gasteiger partial charge in [-0.1, -0.05) is 6.92 Å². The molecule has 0 spiro atoms. The molecule has 90 valence electrons. The molecule has 1 aliphatic heterocycles. The molecule has 0 aromatic carbocycles. The Bertz CT molecular complexity index is 183. The maximum Gasteiger partial charge on any atom is 0.186 e. The van der Waals surface area contributed by atoms with Gasteiger partial charge in [-0.05, 0) is 13.3 Å². The quantitative estimate of drug-likeness (QED) is 0.594. The summed E-state index contributed by atoms with van der Waals surface area (Å²) < 4.78 is 10.5. The minimum absolute atomic E-state index is 0.175. The van der Waals surface area contributed by atoms with Crippen LogP contribution in [0.1, 0.15) is 20.3 Å². The number of ether oxygens (including phenoxy) is 2. The lowest BCUT2D eigenvalue weighted by Gasteiger charge is -2.41. The van der Waals surface area contributed by atoms with Gasteiger partial charge in [0.05, 0.1) is 18.8 Å². The van der Waals surface area contributed by atoms with Crippen molar-refractivity contribution in [3.8, 4) is 0 Å². The fraction of sp³-hybridized carbons (Fsp3) is 1.00. The number of hydrogen-bond donors (Lipinski definition) is 3. The van der Waals surface area contributed by atoms with Gasteiger partial charge in [0.25, 0.3) is 0 Å². The molecule has 5 atom stereocenters. The molecule has 0 bridgehead atoms. The second-order valence-electron chi connectivity index (χ2n) is 3.73. The highest BCUT2D eigenvalue weighted by Gasteiger charge is 2.43. The van der Waals surface area contributed by atoms with Gasteiger partial charge in [-0.3, -0.25) is 0 Å². The molecule has 0 saturated carbocycles. The molecule has 0 aliphatic carbocycles. The van der Waals surface area contributed by atoms with E-state index in [-0.39, 0.29) is 12.5 Å². The molecule has 1 rings (SSSR count). The van der Waals surface area contributed by atoms with Crippen LogP contribution in [-0.4, -0.2) is 53.1 Å². The maximum absolute atomic E-state index is 9.81. The zero-order chi connectivity index (χ0) is 11.4. The second-order valence-corrected chi connectivity index (χ2v) is 3.73. The number of aliphatic hydroxyl groups excluding tert-OH is 3. The largest absolute Gasteiger partial charge is 0.394 e. The van der Waals surface area contributed by atoms with Gasteiger partial charge in [-0.15, -0.1) is 0 Å². The number of aliphatic hydroxyl groups is 3. The van der Waals surface area contributed by atoms with Crippen molar-refractivity contribution in [3.05, 3.63) is 0 Å². The van der Waals surface area contributed by atoms with E-state index < -0.39 is 24.6 Å². The van der Waals surface area contributed by atoms with Crippen LogP contribution in [-0.2, 0) is 9.47 Å². The predicted molar refractivity (Wildman–Crippen MR) is 53.2 cm³/mol. The minimum Gasteiger partial charge on any atom is -0.394 e. The molecule has 15 heavy (non-hydrogen) atoms. The Morgan fingerprint density at radius 2 is 1.87 bits per heavy atom. The Kier molecular flexibility index (Phi) is 4.95. The molecule has 1 aliphatic rings. The van der Waals surface area contributed by atoms with Crippen LogP contribution < -0.4 is 0 Å². The summed E-state index contributed by atoms with van der Waals surface area (Å²) in [7, 11) is 0. The first-order chi connectivity index (χ1) is 7.15. The van der Waals surface area contributed by atoms with E-state index in [0.717, 1.165) is 0 Å². The summed E-state index contributed by atoms with van der Waals surface area (Å²) in [4.78, 5) is 0. The van der Waals surface area contributed by atoms with Gasteiger partial charge in [0.2, 0.25) is 0 Å². The van der Waals surface area contributed by atoms with Crippen molar-refractivity contribution in [3.63, 3.8) is 0 Å². The Hall–Kier alpha value is -0.200. The first-order valence-electron chi connectivity index (χ1n) is 5.39. The van der Waals surface area contributed by atoms with Crippen LogP contribution in [0.2, 0.25) is 0 Å². The van der Waals surface area contributed by atoms with Gasteiger partial charge in [-0.2, -0.15) is 0 Å². The van der Waals surface area contributed by atoms with Crippen LogP contribution in [0.15, 0.2) is 0 Å². The molecule has 0 amide bonds. The number of rotatable bonds is 4. The Morgan fingerprint density at radius 3 is 2.33 bits per heavy atom. The fourth-order valence-electron chi connectivity index (χ4n) is 1.97. The van der Waals surface area contributed by atoms with E-state index in [1.54, 1.807) is 6.92 Å². The van der Waals surface area contributed by atoms with Crippen LogP contribution in [0.4, 0.5) is 0 Å². The van der Waals surface area contributed by atoms with E-state index in [1.807, 2.05) is 6.92 Å². The average molecular weight is 220 g/mol. The zero-order valence-electron chi connectivity index (χ0n) is 9.17. The van der Waals surface area contributed by atoms with Crippen molar-refractivity contribution in [2.45, 2.75) is 44.9 Å². The number of hydrogen-bond acceptors (Lipinski definition) is 5. The van der Waals surface area contributed by atoms with Crippen LogP contribution in [0.25, 0.3) is 0 Å². The minimum atomic E-state index is -1.04. The molecule has 5 heteroatoms. The Labute approximate surface area is 89.6 Å². The molecule has 3 N–H and O–H groups in total. The van der Waals surface area contributed by atoms with Crippen molar-refractivity contribution < 1.29 is 24.8 Å². The lowest BCUT2D eigenvalue weighted by Crippen LogP contribution is -2.56. The molecule has 1 saturated heterocycles. The monoisotopic (exact) mass is 220 g/mol.